The zero-order chi connectivity index (χ0) is 13.7. The van der Waals surface area contributed by atoms with Crippen molar-refractivity contribution in [3.63, 3.8) is 0 Å². The van der Waals surface area contributed by atoms with E-state index in [9.17, 15) is 0 Å². The number of hydrogen-bond donors (Lipinski definition) is 0. The number of nitriles is 1. The summed E-state index contributed by atoms with van der Waals surface area (Å²) in [5.41, 5.74) is 1.88. The smallest absolute Gasteiger partial charge is 0.146 e. The molecular weight excluding hydrogens is 302 g/mol. The lowest BCUT2D eigenvalue weighted by molar-refractivity contribution is 0.858. The molecule has 0 radical (unpaired) electrons. The van der Waals surface area contributed by atoms with E-state index in [0.29, 0.717) is 5.56 Å². The molecule has 1 aromatic carbocycles. The molecule has 0 saturated heterocycles. The van der Waals surface area contributed by atoms with Crippen LogP contribution in [0, 0.1) is 11.3 Å². The summed E-state index contributed by atoms with van der Waals surface area (Å²) in [6.45, 7) is 0.827. The lowest BCUT2D eigenvalue weighted by Crippen LogP contribution is -2.22. The number of pyridine rings is 1. The van der Waals surface area contributed by atoms with E-state index in [0.717, 1.165) is 23.3 Å². The normalized spacial score (nSPS) is 9.95. The van der Waals surface area contributed by atoms with Crippen molar-refractivity contribution in [3.05, 3.63) is 58.2 Å². The predicted octanol–water partition coefficient (Wildman–Crippen LogP) is 3.39. The predicted molar refractivity (Wildman–Crippen MR) is 80.1 cm³/mol. The molecular formula is C15H14BrN3. The minimum atomic E-state index is 0.612. The second-order valence-electron chi connectivity index (χ2n) is 4.28. The molecule has 1 heterocycles. The molecule has 0 spiro atoms. The number of likely N-dealkylation sites (N-methyl/N-ethyl adjacent to an activating group) is 1. The molecule has 0 aliphatic carbocycles. The Balaban J connectivity index is 2.03. The van der Waals surface area contributed by atoms with Gasteiger partial charge in [0.1, 0.15) is 11.9 Å². The van der Waals surface area contributed by atoms with Crippen molar-refractivity contribution in [1.29, 1.82) is 5.26 Å². The summed E-state index contributed by atoms with van der Waals surface area (Å²) in [7, 11) is 1.96. The zero-order valence-electron chi connectivity index (χ0n) is 10.7. The van der Waals surface area contributed by atoms with Crippen LogP contribution >= 0.6 is 15.9 Å². The number of benzene rings is 1. The lowest BCUT2D eigenvalue weighted by atomic mass is 10.1. The lowest BCUT2D eigenvalue weighted by Gasteiger charge is -2.19. The van der Waals surface area contributed by atoms with Crippen molar-refractivity contribution in [2.75, 3.05) is 18.5 Å². The molecule has 0 bridgehead atoms. The maximum absolute atomic E-state index is 9.06. The molecule has 2 rings (SSSR count). The summed E-state index contributed by atoms with van der Waals surface area (Å²) in [5, 5.41) is 9.06. The first-order chi connectivity index (χ1) is 9.20. The second kappa shape index (κ2) is 6.35. The Kier molecular flexibility index (Phi) is 4.53. The van der Waals surface area contributed by atoms with Crippen LogP contribution in [-0.4, -0.2) is 18.6 Å². The van der Waals surface area contributed by atoms with Gasteiger partial charge in [-0.3, -0.25) is 0 Å². The summed E-state index contributed by atoms with van der Waals surface area (Å²) >= 11 is 3.42. The zero-order valence-corrected chi connectivity index (χ0v) is 12.3. The maximum Gasteiger partial charge on any atom is 0.146 e. The van der Waals surface area contributed by atoms with Crippen LogP contribution in [0.15, 0.2) is 47.1 Å². The summed E-state index contributed by atoms with van der Waals surface area (Å²) in [6, 6.07) is 14.0. The minimum absolute atomic E-state index is 0.612. The molecule has 19 heavy (non-hydrogen) atoms. The van der Waals surface area contributed by atoms with Crippen LogP contribution in [0.2, 0.25) is 0 Å². The third-order valence-electron chi connectivity index (χ3n) is 2.92. The second-order valence-corrected chi connectivity index (χ2v) is 5.20. The van der Waals surface area contributed by atoms with E-state index in [1.54, 1.807) is 18.3 Å². The summed E-state index contributed by atoms with van der Waals surface area (Å²) in [5.74, 6) is 0.738. The van der Waals surface area contributed by atoms with Gasteiger partial charge in [-0.1, -0.05) is 28.1 Å². The Morgan fingerprint density at radius 2 is 2.00 bits per heavy atom. The van der Waals surface area contributed by atoms with Gasteiger partial charge in [0.05, 0.1) is 5.56 Å². The molecule has 0 saturated carbocycles. The molecule has 0 atom stereocenters. The topological polar surface area (TPSA) is 39.9 Å². The SMILES string of the molecule is CN(CCc1ccc(Br)cc1)c1ncccc1C#N. The fourth-order valence-corrected chi connectivity index (χ4v) is 2.11. The Bertz CT molecular complexity index is 587. The van der Waals surface area contributed by atoms with Gasteiger partial charge in [-0.05, 0) is 36.2 Å². The number of hydrogen-bond acceptors (Lipinski definition) is 3. The highest BCUT2D eigenvalue weighted by atomic mass is 79.9. The van der Waals surface area contributed by atoms with Crippen molar-refractivity contribution in [2.24, 2.45) is 0 Å². The molecule has 0 unspecified atom stereocenters. The van der Waals surface area contributed by atoms with E-state index < -0.39 is 0 Å². The van der Waals surface area contributed by atoms with E-state index in [1.165, 1.54) is 5.56 Å². The van der Waals surface area contributed by atoms with Crippen molar-refractivity contribution in [1.82, 2.24) is 4.98 Å². The van der Waals surface area contributed by atoms with Gasteiger partial charge < -0.3 is 4.90 Å². The summed E-state index contributed by atoms with van der Waals surface area (Å²) < 4.78 is 1.08. The molecule has 96 valence electrons. The fraction of sp³-hybridized carbons (Fsp3) is 0.200. The van der Waals surface area contributed by atoms with Crippen LogP contribution in [0.4, 0.5) is 5.82 Å². The quantitative estimate of drug-likeness (QED) is 0.868. The molecule has 0 N–H and O–H groups in total. The van der Waals surface area contributed by atoms with E-state index in [-0.39, 0.29) is 0 Å². The highest BCUT2D eigenvalue weighted by Gasteiger charge is 2.07. The molecule has 1 aromatic heterocycles. The fourth-order valence-electron chi connectivity index (χ4n) is 1.84. The van der Waals surface area contributed by atoms with Gasteiger partial charge in [0.25, 0.3) is 0 Å². The summed E-state index contributed by atoms with van der Waals surface area (Å²) in [6.07, 6.45) is 2.64. The standard InChI is InChI=1S/C15H14BrN3/c1-19(15-13(11-17)3-2-9-18-15)10-8-12-4-6-14(16)7-5-12/h2-7,9H,8,10H2,1H3. The first-order valence-electron chi connectivity index (χ1n) is 6.01. The van der Waals surface area contributed by atoms with Crippen LogP contribution in [0.1, 0.15) is 11.1 Å². The monoisotopic (exact) mass is 315 g/mol. The van der Waals surface area contributed by atoms with Gasteiger partial charge in [0, 0.05) is 24.3 Å². The van der Waals surface area contributed by atoms with E-state index in [1.807, 2.05) is 24.1 Å². The molecule has 4 heteroatoms. The van der Waals surface area contributed by atoms with Gasteiger partial charge in [0.2, 0.25) is 0 Å². The molecule has 0 fully saturated rings. The average Bonchev–Trinajstić information content (AvgIpc) is 2.46. The highest BCUT2D eigenvalue weighted by Crippen LogP contribution is 2.16. The Morgan fingerprint density at radius 1 is 1.26 bits per heavy atom. The molecule has 0 aliphatic heterocycles. The van der Waals surface area contributed by atoms with E-state index in [2.05, 4.69) is 39.1 Å². The third-order valence-corrected chi connectivity index (χ3v) is 3.45. The Hall–Kier alpha value is -1.86. The van der Waals surface area contributed by atoms with Crippen molar-refractivity contribution in [3.8, 4) is 6.07 Å². The molecule has 3 nitrogen and oxygen atoms in total. The highest BCUT2D eigenvalue weighted by molar-refractivity contribution is 9.10. The first kappa shape index (κ1) is 13.6. The van der Waals surface area contributed by atoms with Gasteiger partial charge in [0.15, 0.2) is 0 Å². The van der Waals surface area contributed by atoms with Crippen LogP contribution in [-0.2, 0) is 6.42 Å². The number of anilines is 1. The van der Waals surface area contributed by atoms with Gasteiger partial charge in [-0.25, -0.2) is 4.98 Å². The molecule has 0 aliphatic rings. The van der Waals surface area contributed by atoms with Crippen molar-refractivity contribution >= 4 is 21.7 Å². The Morgan fingerprint density at radius 3 is 2.68 bits per heavy atom. The third kappa shape index (κ3) is 3.55. The number of halogens is 1. The van der Waals surface area contributed by atoms with Gasteiger partial charge in [-0.15, -0.1) is 0 Å². The van der Waals surface area contributed by atoms with E-state index >= 15 is 0 Å². The molecule has 2 aromatic rings. The first-order valence-corrected chi connectivity index (χ1v) is 6.80. The molecule has 0 amide bonds. The van der Waals surface area contributed by atoms with Crippen LogP contribution in [0.5, 0.6) is 0 Å². The largest absolute Gasteiger partial charge is 0.358 e. The number of aromatic nitrogens is 1. The van der Waals surface area contributed by atoms with Crippen LogP contribution < -0.4 is 4.90 Å². The number of rotatable bonds is 4. The summed E-state index contributed by atoms with van der Waals surface area (Å²) in [4.78, 5) is 6.29. The Labute approximate surface area is 121 Å². The van der Waals surface area contributed by atoms with Crippen molar-refractivity contribution < 1.29 is 0 Å². The van der Waals surface area contributed by atoms with Crippen LogP contribution in [0.25, 0.3) is 0 Å². The average molecular weight is 316 g/mol. The van der Waals surface area contributed by atoms with Crippen molar-refractivity contribution in [2.45, 2.75) is 6.42 Å². The van der Waals surface area contributed by atoms with E-state index in [4.69, 9.17) is 5.26 Å². The number of nitrogens with zero attached hydrogens (tertiary/aromatic N) is 3. The minimum Gasteiger partial charge on any atom is -0.358 e. The van der Waals surface area contributed by atoms with Crippen LogP contribution in [0.3, 0.4) is 0 Å². The maximum atomic E-state index is 9.06. The van der Waals surface area contributed by atoms with Gasteiger partial charge in [-0.2, -0.15) is 5.26 Å². The van der Waals surface area contributed by atoms with Gasteiger partial charge >= 0.3 is 0 Å².